The number of aliphatic hydroxyl groups excluding tert-OH is 1. The summed E-state index contributed by atoms with van der Waals surface area (Å²) in [5.74, 6) is 0.526. The van der Waals surface area contributed by atoms with Gasteiger partial charge in [-0.05, 0) is 44.4 Å². The predicted molar refractivity (Wildman–Crippen MR) is 67.3 cm³/mol. The van der Waals surface area contributed by atoms with Crippen LogP contribution in [0.3, 0.4) is 0 Å². The molecule has 0 unspecified atom stereocenters. The smallest absolute Gasteiger partial charge is 0.163 e. The molecule has 1 rings (SSSR count). The fraction of sp³-hybridized carbons (Fsp3) is 0.462. The van der Waals surface area contributed by atoms with Crippen LogP contribution >= 0.6 is 0 Å². The third-order valence-electron chi connectivity index (χ3n) is 2.44. The SMILES string of the molecule is CC(=O)c1cc(N)ccc1OCCCCCO. The first kappa shape index (κ1) is 13.5. The molecular weight excluding hydrogens is 218 g/mol. The van der Waals surface area contributed by atoms with Gasteiger partial charge in [0.2, 0.25) is 0 Å². The number of hydrogen-bond donors (Lipinski definition) is 2. The van der Waals surface area contributed by atoms with Crippen LogP contribution in [0, 0.1) is 0 Å². The van der Waals surface area contributed by atoms with E-state index >= 15 is 0 Å². The molecule has 0 spiro atoms. The molecule has 0 saturated heterocycles. The van der Waals surface area contributed by atoms with E-state index in [9.17, 15) is 4.79 Å². The molecule has 0 aliphatic heterocycles. The molecule has 4 nitrogen and oxygen atoms in total. The van der Waals surface area contributed by atoms with Crippen LogP contribution in [-0.4, -0.2) is 24.1 Å². The van der Waals surface area contributed by atoms with Gasteiger partial charge in [0.05, 0.1) is 12.2 Å². The molecule has 17 heavy (non-hydrogen) atoms. The number of nitrogens with two attached hydrogens (primary N) is 1. The number of carbonyl (C=O) groups excluding carboxylic acids is 1. The fourth-order valence-electron chi connectivity index (χ4n) is 1.52. The van der Waals surface area contributed by atoms with E-state index in [0.717, 1.165) is 19.3 Å². The number of aliphatic hydroxyl groups is 1. The van der Waals surface area contributed by atoms with Gasteiger partial charge in [0.1, 0.15) is 5.75 Å². The lowest BCUT2D eigenvalue weighted by atomic mass is 10.1. The van der Waals surface area contributed by atoms with Crippen LogP contribution in [0.2, 0.25) is 0 Å². The normalized spacial score (nSPS) is 10.2. The quantitative estimate of drug-likeness (QED) is 0.432. The highest BCUT2D eigenvalue weighted by Crippen LogP contribution is 2.22. The van der Waals surface area contributed by atoms with E-state index in [4.69, 9.17) is 15.6 Å². The van der Waals surface area contributed by atoms with Crippen LogP contribution in [0.15, 0.2) is 18.2 Å². The number of Topliss-reactive ketones (excluding diaryl/α,β-unsaturated/α-hetero) is 1. The molecule has 0 saturated carbocycles. The minimum atomic E-state index is -0.0531. The highest BCUT2D eigenvalue weighted by molar-refractivity contribution is 5.97. The van der Waals surface area contributed by atoms with Crippen molar-refractivity contribution in [2.24, 2.45) is 0 Å². The van der Waals surface area contributed by atoms with Crippen molar-refractivity contribution in [1.29, 1.82) is 0 Å². The van der Waals surface area contributed by atoms with E-state index < -0.39 is 0 Å². The van der Waals surface area contributed by atoms with Crippen molar-refractivity contribution < 1.29 is 14.6 Å². The topological polar surface area (TPSA) is 72.6 Å². The molecule has 0 fully saturated rings. The largest absolute Gasteiger partial charge is 0.493 e. The van der Waals surface area contributed by atoms with Crippen molar-refractivity contribution in [3.05, 3.63) is 23.8 Å². The second-order valence-corrected chi connectivity index (χ2v) is 3.94. The Morgan fingerprint density at radius 3 is 2.76 bits per heavy atom. The maximum absolute atomic E-state index is 11.4. The van der Waals surface area contributed by atoms with Gasteiger partial charge in [0.15, 0.2) is 5.78 Å². The average Bonchev–Trinajstić information content (AvgIpc) is 2.30. The number of anilines is 1. The van der Waals surface area contributed by atoms with Crippen LogP contribution in [0.25, 0.3) is 0 Å². The lowest BCUT2D eigenvalue weighted by Gasteiger charge is -2.10. The number of unbranched alkanes of at least 4 members (excludes halogenated alkanes) is 2. The molecule has 0 aromatic heterocycles. The molecule has 0 atom stereocenters. The molecule has 94 valence electrons. The average molecular weight is 237 g/mol. The predicted octanol–water partition coefficient (Wildman–Crippen LogP) is 2.01. The van der Waals surface area contributed by atoms with Crippen LogP contribution in [0.1, 0.15) is 36.5 Å². The van der Waals surface area contributed by atoms with Crippen LogP contribution in [0.4, 0.5) is 5.69 Å². The zero-order valence-electron chi connectivity index (χ0n) is 10.1. The Bertz CT molecular complexity index is 377. The number of benzene rings is 1. The van der Waals surface area contributed by atoms with Crippen molar-refractivity contribution in [3.8, 4) is 5.75 Å². The molecule has 0 aliphatic rings. The molecule has 0 heterocycles. The highest BCUT2D eigenvalue weighted by Gasteiger charge is 2.08. The van der Waals surface area contributed by atoms with Crippen LogP contribution < -0.4 is 10.5 Å². The van der Waals surface area contributed by atoms with E-state index in [1.165, 1.54) is 6.92 Å². The van der Waals surface area contributed by atoms with Crippen molar-refractivity contribution in [1.82, 2.24) is 0 Å². The first-order valence-corrected chi connectivity index (χ1v) is 5.79. The molecular formula is C13H19NO3. The number of carbonyl (C=O) groups is 1. The van der Waals surface area contributed by atoms with Gasteiger partial charge < -0.3 is 15.6 Å². The minimum Gasteiger partial charge on any atom is -0.493 e. The summed E-state index contributed by atoms with van der Waals surface area (Å²) in [7, 11) is 0. The van der Waals surface area contributed by atoms with Gasteiger partial charge in [-0.3, -0.25) is 4.79 Å². The lowest BCUT2D eigenvalue weighted by Crippen LogP contribution is -2.04. The van der Waals surface area contributed by atoms with E-state index in [0.29, 0.717) is 23.6 Å². The number of ether oxygens (including phenoxy) is 1. The summed E-state index contributed by atoms with van der Waals surface area (Å²) in [6.45, 7) is 2.25. The van der Waals surface area contributed by atoms with Crippen molar-refractivity contribution in [2.75, 3.05) is 18.9 Å². The summed E-state index contributed by atoms with van der Waals surface area (Å²) >= 11 is 0. The van der Waals surface area contributed by atoms with Gasteiger partial charge in [0.25, 0.3) is 0 Å². The second kappa shape index (κ2) is 6.91. The summed E-state index contributed by atoms with van der Waals surface area (Å²) in [4.78, 5) is 11.4. The standard InChI is InChI=1S/C13H19NO3/c1-10(16)12-9-11(14)5-6-13(12)17-8-4-2-3-7-15/h5-6,9,15H,2-4,7-8,14H2,1H3. The molecule has 0 radical (unpaired) electrons. The summed E-state index contributed by atoms with van der Waals surface area (Å²) < 4.78 is 5.54. The molecule has 3 N–H and O–H groups in total. The lowest BCUT2D eigenvalue weighted by molar-refractivity contribution is 0.101. The van der Waals surface area contributed by atoms with Gasteiger partial charge in [-0.15, -0.1) is 0 Å². The van der Waals surface area contributed by atoms with Crippen molar-refractivity contribution >= 4 is 11.5 Å². The maximum Gasteiger partial charge on any atom is 0.163 e. The van der Waals surface area contributed by atoms with Gasteiger partial charge in [-0.1, -0.05) is 0 Å². The number of nitrogen functional groups attached to an aromatic ring is 1. The first-order chi connectivity index (χ1) is 8.15. The molecule has 1 aromatic carbocycles. The number of rotatable bonds is 7. The van der Waals surface area contributed by atoms with E-state index in [1.807, 2.05) is 0 Å². The Labute approximate surface area is 101 Å². The fourth-order valence-corrected chi connectivity index (χ4v) is 1.52. The summed E-state index contributed by atoms with van der Waals surface area (Å²) in [5, 5.41) is 8.63. The van der Waals surface area contributed by atoms with E-state index in [-0.39, 0.29) is 12.4 Å². The van der Waals surface area contributed by atoms with Crippen LogP contribution in [-0.2, 0) is 0 Å². The molecule has 4 heteroatoms. The highest BCUT2D eigenvalue weighted by atomic mass is 16.5. The number of hydrogen-bond acceptors (Lipinski definition) is 4. The molecule has 0 bridgehead atoms. The third-order valence-corrected chi connectivity index (χ3v) is 2.44. The van der Waals surface area contributed by atoms with Crippen LogP contribution in [0.5, 0.6) is 5.75 Å². The zero-order chi connectivity index (χ0) is 12.7. The monoisotopic (exact) mass is 237 g/mol. The Hall–Kier alpha value is -1.55. The Balaban J connectivity index is 2.55. The second-order valence-electron chi connectivity index (χ2n) is 3.94. The maximum atomic E-state index is 11.4. The molecule has 1 aromatic rings. The van der Waals surface area contributed by atoms with E-state index in [2.05, 4.69) is 0 Å². The Morgan fingerprint density at radius 2 is 2.12 bits per heavy atom. The van der Waals surface area contributed by atoms with Crippen molar-refractivity contribution in [3.63, 3.8) is 0 Å². The number of ketones is 1. The van der Waals surface area contributed by atoms with E-state index in [1.54, 1.807) is 18.2 Å². The summed E-state index contributed by atoms with van der Waals surface area (Å²) in [6.07, 6.45) is 2.56. The van der Waals surface area contributed by atoms with Gasteiger partial charge in [-0.25, -0.2) is 0 Å². The molecule has 0 amide bonds. The Morgan fingerprint density at radius 1 is 1.35 bits per heavy atom. The summed E-state index contributed by atoms with van der Waals surface area (Å²) in [5.41, 5.74) is 6.70. The van der Waals surface area contributed by atoms with Gasteiger partial charge in [-0.2, -0.15) is 0 Å². The zero-order valence-corrected chi connectivity index (χ0v) is 10.1. The summed E-state index contributed by atoms with van der Waals surface area (Å²) in [6, 6.07) is 5.07. The third kappa shape index (κ3) is 4.44. The first-order valence-electron chi connectivity index (χ1n) is 5.79. The van der Waals surface area contributed by atoms with Gasteiger partial charge >= 0.3 is 0 Å². The van der Waals surface area contributed by atoms with Crippen molar-refractivity contribution in [2.45, 2.75) is 26.2 Å². The Kier molecular flexibility index (Phi) is 5.49. The van der Waals surface area contributed by atoms with Gasteiger partial charge in [0, 0.05) is 12.3 Å². The minimum absolute atomic E-state index is 0.0531. The molecule has 0 aliphatic carbocycles.